The van der Waals surface area contributed by atoms with Crippen LogP contribution in [0.2, 0.25) is 5.02 Å². The second kappa shape index (κ2) is 7.45. The van der Waals surface area contributed by atoms with E-state index in [9.17, 15) is 14.7 Å². The molecule has 31 heavy (non-hydrogen) atoms. The molecule has 1 N–H and O–H groups in total. The van der Waals surface area contributed by atoms with E-state index in [0.29, 0.717) is 26.9 Å². The number of fused-ring (bicyclic) bond motifs is 2. The van der Waals surface area contributed by atoms with Crippen LogP contribution >= 0.6 is 11.6 Å². The van der Waals surface area contributed by atoms with Crippen LogP contribution in [0.25, 0.3) is 21.9 Å². The highest BCUT2D eigenvalue weighted by Gasteiger charge is 2.30. The van der Waals surface area contributed by atoms with Gasteiger partial charge in [0.25, 0.3) is 0 Å². The number of aromatic hydroxyl groups is 1. The van der Waals surface area contributed by atoms with Gasteiger partial charge >= 0.3 is 11.3 Å². The van der Waals surface area contributed by atoms with Gasteiger partial charge in [0.05, 0.1) is 22.4 Å². The Balaban J connectivity index is 1.89. The summed E-state index contributed by atoms with van der Waals surface area (Å²) in [7, 11) is 0. The van der Waals surface area contributed by atoms with Crippen molar-refractivity contribution >= 4 is 33.5 Å². The Morgan fingerprint density at radius 1 is 0.742 bits per heavy atom. The van der Waals surface area contributed by atoms with Crippen LogP contribution in [0.4, 0.5) is 0 Å². The molecule has 2 heterocycles. The van der Waals surface area contributed by atoms with Crippen LogP contribution in [0.3, 0.4) is 0 Å². The number of halogens is 1. The number of hydrogen-bond acceptors (Lipinski definition) is 5. The van der Waals surface area contributed by atoms with Gasteiger partial charge in [-0.05, 0) is 35.9 Å². The van der Waals surface area contributed by atoms with Crippen LogP contribution < -0.4 is 11.3 Å². The molecule has 152 valence electrons. The Labute approximate surface area is 180 Å². The largest absolute Gasteiger partial charge is 0.507 e. The van der Waals surface area contributed by atoms with E-state index in [-0.39, 0.29) is 22.5 Å². The van der Waals surface area contributed by atoms with Crippen LogP contribution in [0.5, 0.6) is 5.75 Å². The maximum absolute atomic E-state index is 13.0. The van der Waals surface area contributed by atoms with Gasteiger partial charge in [0.15, 0.2) is 0 Å². The van der Waals surface area contributed by atoms with Gasteiger partial charge in [-0.25, -0.2) is 9.59 Å². The Bertz CT molecular complexity index is 1560. The fourth-order valence-electron chi connectivity index (χ4n) is 3.87. The molecular formula is C25H15ClO5. The second-order valence-corrected chi connectivity index (χ2v) is 7.54. The first kappa shape index (κ1) is 19.2. The zero-order valence-electron chi connectivity index (χ0n) is 16.0. The second-order valence-electron chi connectivity index (χ2n) is 7.13. The van der Waals surface area contributed by atoms with Crippen molar-refractivity contribution in [2.75, 3.05) is 0 Å². The van der Waals surface area contributed by atoms with Gasteiger partial charge in [-0.1, -0.05) is 60.1 Å². The first-order chi connectivity index (χ1) is 15.0. The van der Waals surface area contributed by atoms with E-state index in [1.54, 1.807) is 72.8 Å². The molecule has 5 nitrogen and oxygen atoms in total. The Kier molecular flexibility index (Phi) is 4.60. The molecule has 6 heteroatoms. The van der Waals surface area contributed by atoms with Crippen LogP contribution in [-0.4, -0.2) is 5.11 Å². The van der Waals surface area contributed by atoms with Crippen LogP contribution in [0.1, 0.15) is 22.6 Å². The van der Waals surface area contributed by atoms with Crippen LogP contribution in [-0.2, 0) is 0 Å². The summed E-state index contributed by atoms with van der Waals surface area (Å²) < 4.78 is 11.0. The first-order valence-corrected chi connectivity index (χ1v) is 9.94. The molecule has 0 saturated heterocycles. The summed E-state index contributed by atoms with van der Waals surface area (Å²) in [5.74, 6) is -1.25. The summed E-state index contributed by atoms with van der Waals surface area (Å²) in [6.07, 6.45) is 0. The Morgan fingerprint density at radius 2 is 1.39 bits per heavy atom. The molecule has 0 aliphatic rings. The lowest BCUT2D eigenvalue weighted by Gasteiger charge is -2.19. The summed E-state index contributed by atoms with van der Waals surface area (Å²) in [5, 5.41) is 12.5. The van der Waals surface area contributed by atoms with E-state index in [1.165, 1.54) is 0 Å². The topological polar surface area (TPSA) is 80.7 Å². The number of benzene rings is 3. The zero-order chi connectivity index (χ0) is 21.5. The lowest BCUT2D eigenvalue weighted by molar-refractivity contribution is 0.454. The van der Waals surface area contributed by atoms with Crippen molar-refractivity contribution in [3.05, 3.63) is 121 Å². The van der Waals surface area contributed by atoms with E-state index < -0.39 is 17.2 Å². The summed E-state index contributed by atoms with van der Waals surface area (Å²) in [4.78, 5) is 26.0. The number of hydrogen-bond donors (Lipinski definition) is 1. The lowest BCUT2D eigenvalue weighted by atomic mass is 9.85. The summed E-state index contributed by atoms with van der Waals surface area (Å²) in [6, 6.07) is 22.2. The van der Waals surface area contributed by atoms with Crippen molar-refractivity contribution in [3.8, 4) is 5.75 Å². The van der Waals surface area contributed by atoms with Crippen molar-refractivity contribution in [1.82, 2.24) is 0 Å². The highest BCUT2D eigenvalue weighted by atomic mass is 35.5. The summed E-state index contributed by atoms with van der Waals surface area (Å²) in [6.45, 7) is 0. The average molecular weight is 431 g/mol. The third-order valence-corrected chi connectivity index (χ3v) is 5.65. The molecule has 5 aromatic rings. The molecule has 2 aromatic heterocycles. The van der Waals surface area contributed by atoms with Gasteiger partial charge in [0.2, 0.25) is 0 Å². The van der Waals surface area contributed by atoms with Crippen molar-refractivity contribution in [2.24, 2.45) is 0 Å². The van der Waals surface area contributed by atoms with Crippen molar-refractivity contribution < 1.29 is 13.9 Å². The van der Waals surface area contributed by atoms with Gasteiger partial charge in [0.1, 0.15) is 16.9 Å². The highest BCUT2D eigenvalue weighted by molar-refractivity contribution is 6.31. The molecule has 0 aliphatic carbocycles. The molecule has 0 amide bonds. The third kappa shape index (κ3) is 3.20. The van der Waals surface area contributed by atoms with Crippen LogP contribution in [0, 0.1) is 0 Å². The maximum atomic E-state index is 13.0. The van der Waals surface area contributed by atoms with Gasteiger partial charge < -0.3 is 13.9 Å². The fourth-order valence-corrected chi connectivity index (χ4v) is 4.11. The predicted molar refractivity (Wildman–Crippen MR) is 119 cm³/mol. The van der Waals surface area contributed by atoms with Gasteiger partial charge in [0, 0.05) is 10.4 Å². The van der Waals surface area contributed by atoms with E-state index in [1.807, 2.05) is 6.07 Å². The quantitative estimate of drug-likeness (QED) is 0.385. The predicted octanol–water partition coefficient (Wildman–Crippen LogP) is 5.44. The van der Waals surface area contributed by atoms with Gasteiger partial charge in [-0.15, -0.1) is 0 Å². The number of para-hydroxylation sites is 2. The standard InChI is InChI=1S/C25H15ClO5/c26-18-10-4-2-8-15(18)21(17-13-14-7-1-5-11-19(14)30-24(17)28)22-23(27)16-9-3-6-12-20(16)31-25(22)29/h1-13,21,27H. The van der Waals surface area contributed by atoms with Crippen LogP contribution in [0.15, 0.2) is 97.3 Å². The lowest BCUT2D eigenvalue weighted by Crippen LogP contribution is -2.21. The molecule has 5 rings (SSSR count). The maximum Gasteiger partial charge on any atom is 0.344 e. The highest BCUT2D eigenvalue weighted by Crippen LogP contribution is 2.40. The minimum Gasteiger partial charge on any atom is -0.507 e. The molecule has 0 fully saturated rings. The smallest absolute Gasteiger partial charge is 0.344 e. The van der Waals surface area contributed by atoms with E-state index in [2.05, 4.69) is 0 Å². The van der Waals surface area contributed by atoms with E-state index >= 15 is 0 Å². The Morgan fingerprint density at radius 3 is 2.19 bits per heavy atom. The first-order valence-electron chi connectivity index (χ1n) is 9.56. The van der Waals surface area contributed by atoms with Crippen molar-refractivity contribution in [3.63, 3.8) is 0 Å². The third-order valence-electron chi connectivity index (χ3n) is 5.30. The van der Waals surface area contributed by atoms with Crippen molar-refractivity contribution in [1.29, 1.82) is 0 Å². The molecule has 3 aromatic carbocycles. The molecule has 1 unspecified atom stereocenters. The minimum absolute atomic E-state index is 0.0746. The van der Waals surface area contributed by atoms with E-state index in [0.717, 1.165) is 0 Å². The molecule has 0 spiro atoms. The molecule has 0 radical (unpaired) electrons. The normalized spacial score (nSPS) is 12.3. The zero-order valence-corrected chi connectivity index (χ0v) is 16.8. The molecule has 1 atom stereocenters. The summed E-state index contributed by atoms with van der Waals surface area (Å²) >= 11 is 6.47. The molecular weight excluding hydrogens is 416 g/mol. The minimum atomic E-state index is -0.990. The van der Waals surface area contributed by atoms with Gasteiger partial charge in [-0.2, -0.15) is 0 Å². The average Bonchev–Trinajstić information content (AvgIpc) is 2.77. The van der Waals surface area contributed by atoms with E-state index in [4.69, 9.17) is 20.4 Å². The van der Waals surface area contributed by atoms with Gasteiger partial charge in [-0.3, -0.25) is 0 Å². The fraction of sp³-hybridized carbons (Fsp3) is 0.0400. The SMILES string of the molecule is O=c1oc2ccccc2cc1C(c1ccccc1Cl)c1c(O)c2ccccc2oc1=O. The van der Waals surface area contributed by atoms with Crippen molar-refractivity contribution in [2.45, 2.75) is 5.92 Å². The molecule has 0 bridgehead atoms. The summed E-state index contributed by atoms with van der Waals surface area (Å²) in [5.41, 5.74) is -0.144. The molecule has 0 saturated carbocycles. The molecule has 0 aliphatic heterocycles. The number of rotatable bonds is 3. The Hall–Kier alpha value is -3.83. The monoisotopic (exact) mass is 430 g/mol.